The minimum absolute atomic E-state index is 0.474. The van der Waals surface area contributed by atoms with Gasteiger partial charge >= 0.3 is 0 Å². The molecule has 4 atom stereocenters. The molecule has 94 valence electrons. The molecule has 0 saturated heterocycles. The standard InChI is InChI=1S/C15H28O/c1-11-6-5-8-15(4)9-7-12(10-13(11)15)14(2,3)16/h11-13,16H,5-10H2,1-4H3. The van der Waals surface area contributed by atoms with E-state index < -0.39 is 5.60 Å². The van der Waals surface area contributed by atoms with Crippen molar-refractivity contribution in [1.29, 1.82) is 0 Å². The number of hydrogen-bond acceptors (Lipinski definition) is 1. The Morgan fingerprint density at radius 1 is 1.19 bits per heavy atom. The van der Waals surface area contributed by atoms with Gasteiger partial charge in [-0.3, -0.25) is 0 Å². The first kappa shape index (κ1) is 12.4. The molecule has 2 aliphatic carbocycles. The summed E-state index contributed by atoms with van der Waals surface area (Å²) in [5.74, 6) is 2.24. The quantitative estimate of drug-likeness (QED) is 0.714. The van der Waals surface area contributed by atoms with Crippen LogP contribution in [0.3, 0.4) is 0 Å². The van der Waals surface area contributed by atoms with Crippen molar-refractivity contribution in [3.05, 3.63) is 0 Å². The SMILES string of the molecule is CC1CCCC2(C)CCC(C(C)(C)O)CC12. The summed E-state index contributed by atoms with van der Waals surface area (Å²) in [6.45, 7) is 8.91. The van der Waals surface area contributed by atoms with Crippen LogP contribution in [0.5, 0.6) is 0 Å². The first-order valence-corrected chi connectivity index (χ1v) is 7.05. The van der Waals surface area contributed by atoms with Crippen LogP contribution in [0.4, 0.5) is 0 Å². The van der Waals surface area contributed by atoms with Crippen molar-refractivity contribution in [3.8, 4) is 0 Å². The predicted octanol–water partition coefficient (Wildman–Crippen LogP) is 4.00. The molecule has 0 aliphatic heterocycles. The molecule has 0 radical (unpaired) electrons. The Hall–Kier alpha value is -0.0400. The van der Waals surface area contributed by atoms with Gasteiger partial charge in [0.1, 0.15) is 0 Å². The van der Waals surface area contributed by atoms with Gasteiger partial charge in [0.2, 0.25) is 0 Å². The van der Waals surface area contributed by atoms with Crippen LogP contribution >= 0.6 is 0 Å². The van der Waals surface area contributed by atoms with Crippen LogP contribution in [0.15, 0.2) is 0 Å². The molecule has 0 bridgehead atoms. The normalized spacial score (nSPS) is 45.2. The zero-order chi connectivity index (χ0) is 12.0. The summed E-state index contributed by atoms with van der Waals surface area (Å²) >= 11 is 0. The Morgan fingerprint density at radius 3 is 2.50 bits per heavy atom. The lowest BCUT2D eigenvalue weighted by atomic mass is 9.54. The summed E-state index contributed by atoms with van der Waals surface area (Å²) in [6.07, 6.45) is 8.04. The van der Waals surface area contributed by atoms with Gasteiger partial charge in [-0.2, -0.15) is 0 Å². The molecule has 2 saturated carbocycles. The van der Waals surface area contributed by atoms with Crippen LogP contribution in [0, 0.1) is 23.2 Å². The lowest BCUT2D eigenvalue weighted by Gasteiger charge is -2.52. The molecule has 0 amide bonds. The molecular formula is C15H28O. The average Bonchev–Trinajstić information content (AvgIpc) is 2.15. The largest absolute Gasteiger partial charge is 0.390 e. The predicted molar refractivity (Wildman–Crippen MR) is 68.3 cm³/mol. The Kier molecular flexibility index (Phi) is 3.11. The summed E-state index contributed by atoms with van der Waals surface area (Å²) in [5, 5.41) is 10.2. The van der Waals surface area contributed by atoms with Crippen molar-refractivity contribution < 1.29 is 5.11 Å². The fourth-order valence-corrected chi connectivity index (χ4v) is 4.30. The van der Waals surface area contributed by atoms with Gasteiger partial charge in [-0.25, -0.2) is 0 Å². The van der Waals surface area contributed by atoms with Gasteiger partial charge in [0, 0.05) is 0 Å². The summed E-state index contributed by atoms with van der Waals surface area (Å²) in [5.41, 5.74) is 0.109. The van der Waals surface area contributed by atoms with Crippen LogP contribution in [-0.4, -0.2) is 10.7 Å². The van der Waals surface area contributed by atoms with Crippen LogP contribution in [0.25, 0.3) is 0 Å². The summed E-state index contributed by atoms with van der Waals surface area (Å²) in [7, 11) is 0. The molecule has 2 rings (SSSR count). The average molecular weight is 224 g/mol. The Balaban J connectivity index is 2.12. The molecule has 0 heterocycles. The van der Waals surface area contributed by atoms with E-state index in [4.69, 9.17) is 0 Å². The van der Waals surface area contributed by atoms with Crippen molar-refractivity contribution in [2.75, 3.05) is 0 Å². The monoisotopic (exact) mass is 224 g/mol. The van der Waals surface area contributed by atoms with E-state index in [0.29, 0.717) is 11.3 Å². The first-order valence-electron chi connectivity index (χ1n) is 7.05. The number of fused-ring (bicyclic) bond motifs is 1. The Bertz CT molecular complexity index is 253. The highest BCUT2D eigenvalue weighted by molar-refractivity contribution is 4.97. The maximum atomic E-state index is 10.2. The zero-order valence-corrected chi connectivity index (χ0v) is 11.4. The summed E-state index contributed by atoms with van der Waals surface area (Å²) in [6, 6.07) is 0. The third kappa shape index (κ3) is 2.16. The highest BCUT2D eigenvalue weighted by Crippen LogP contribution is 2.55. The third-order valence-electron chi connectivity index (χ3n) is 5.59. The summed E-state index contributed by atoms with van der Waals surface area (Å²) in [4.78, 5) is 0. The van der Waals surface area contributed by atoms with E-state index in [1.807, 2.05) is 13.8 Å². The van der Waals surface area contributed by atoms with Gasteiger partial charge in [-0.1, -0.05) is 26.7 Å². The van der Waals surface area contributed by atoms with Crippen LogP contribution in [-0.2, 0) is 0 Å². The molecule has 16 heavy (non-hydrogen) atoms. The number of rotatable bonds is 1. The third-order valence-corrected chi connectivity index (χ3v) is 5.59. The molecule has 2 aliphatic rings. The molecule has 0 spiro atoms. The van der Waals surface area contributed by atoms with Crippen LogP contribution in [0.1, 0.15) is 66.2 Å². The smallest absolute Gasteiger partial charge is 0.0619 e. The van der Waals surface area contributed by atoms with E-state index in [1.165, 1.54) is 38.5 Å². The molecule has 0 aromatic heterocycles. The molecule has 2 fully saturated rings. The van der Waals surface area contributed by atoms with Gasteiger partial charge in [0.05, 0.1) is 5.60 Å². The van der Waals surface area contributed by atoms with Crippen molar-refractivity contribution in [2.45, 2.75) is 71.8 Å². The fourth-order valence-electron chi connectivity index (χ4n) is 4.30. The minimum atomic E-state index is -0.474. The second-order valence-electron chi connectivity index (χ2n) is 7.25. The lowest BCUT2D eigenvalue weighted by Crippen LogP contribution is -2.45. The Labute approximate surface area is 101 Å². The number of hydrogen-bond donors (Lipinski definition) is 1. The lowest BCUT2D eigenvalue weighted by molar-refractivity contribution is -0.0686. The van der Waals surface area contributed by atoms with Crippen molar-refractivity contribution >= 4 is 0 Å². The molecule has 1 nitrogen and oxygen atoms in total. The van der Waals surface area contributed by atoms with E-state index in [9.17, 15) is 5.11 Å². The molecule has 1 heteroatoms. The van der Waals surface area contributed by atoms with E-state index in [1.54, 1.807) is 0 Å². The zero-order valence-electron chi connectivity index (χ0n) is 11.4. The van der Waals surface area contributed by atoms with E-state index in [-0.39, 0.29) is 0 Å². The van der Waals surface area contributed by atoms with Crippen LogP contribution < -0.4 is 0 Å². The van der Waals surface area contributed by atoms with E-state index in [0.717, 1.165) is 11.8 Å². The highest BCUT2D eigenvalue weighted by atomic mass is 16.3. The highest BCUT2D eigenvalue weighted by Gasteiger charge is 2.46. The second-order valence-corrected chi connectivity index (χ2v) is 7.25. The van der Waals surface area contributed by atoms with E-state index in [2.05, 4.69) is 13.8 Å². The van der Waals surface area contributed by atoms with Crippen molar-refractivity contribution in [1.82, 2.24) is 0 Å². The van der Waals surface area contributed by atoms with E-state index >= 15 is 0 Å². The van der Waals surface area contributed by atoms with Gasteiger partial charge < -0.3 is 5.11 Å². The molecule has 0 aromatic rings. The first-order chi connectivity index (χ1) is 7.33. The maximum absolute atomic E-state index is 10.2. The molecule has 0 aromatic carbocycles. The molecule has 4 unspecified atom stereocenters. The van der Waals surface area contributed by atoms with Gasteiger partial charge in [-0.05, 0) is 62.7 Å². The fraction of sp³-hybridized carbons (Fsp3) is 1.00. The van der Waals surface area contributed by atoms with Crippen molar-refractivity contribution in [3.63, 3.8) is 0 Å². The topological polar surface area (TPSA) is 20.2 Å². The van der Waals surface area contributed by atoms with Crippen molar-refractivity contribution in [2.24, 2.45) is 23.2 Å². The Morgan fingerprint density at radius 2 is 1.88 bits per heavy atom. The van der Waals surface area contributed by atoms with Gasteiger partial charge in [0.25, 0.3) is 0 Å². The minimum Gasteiger partial charge on any atom is -0.390 e. The molecular weight excluding hydrogens is 196 g/mol. The summed E-state index contributed by atoms with van der Waals surface area (Å²) < 4.78 is 0. The molecule has 1 N–H and O–H groups in total. The number of aliphatic hydroxyl groups is 1. The van der Waals surface area contributed by atoms with Gasteiger partial charge in [0.15, 0.2) is 0 Å². The van der Waals surface area contributed by atoms with Gasteiger partial charge in [-0.15, -0.1) is 0 Å². The van der Waals surface area contributed by atoms with Crippen LogP contribution in [0.2, 0.25) is 0 Å². The maximum Gasteiger partial charge on any atom is 0.0619 e. The second kappa shape index (κ2) is 4.01.